The smallest absolute Gasteiger partial charge is 0.250 e. The fraction of sp³-hybridized carbons (Fsp3) is 0.333. The van der Waals surface area contributed by atoms with E-state index in [2.05, 4.69) is 0 Å². The lowest BCUT2D eigenvalue weighted by molar-refractivity contribution is 0.0976. The Morgan fingerprint density at radius 1 is 0.828 bits per heavy atom. The van der Waals surface area contributed by atoms with Crippen LogP contribution in [0.3, 0.4) is 0 Å². The van der Waals surface area contributed by atoms with Crippen LogP contribution in [0.25, 0.3) is 0 Å². The first-order chi connectivity index (χ1) is 13.8. The summed E-state index contributed by atoms with van der Waals surface area (Å²) < 4.78 is 34.1. The minimum absolute atomic E-state index is 0.0427. The average Bonchev–Trinajstić information content (AvgIpc) is 2.75. The molecule has 0 bridgehead atoms. The molecule has 0 heterocycles. The Hall–Kier alpha value is -2.92. The number of hydrogen-bond donors (Lipinski definition) is 0. The van der Waals surface area contributed by atoms with Gasteiger partial charge in [0.05, 0.1) is 34.1 Å². The Labute approximate surface area is 170 Å². The van der Waals surface area contributed by atoms with Crippen molar-refractivity contribution in [1.82, 2.24) is 0 Å². The number of carbonyl (C=O) groups excluding carboxylic acids is 2. The maximum Gasteiger partial charge on any atom is 0.250 e. The number of benzene rings is 2. The second-order valence-electron chi connectivity index (χ2n) is 6.25. The summed E-state index contributed by atoms with van der Waals surface area (Å²) in [4.78, 5) is 26.1. The summed E-state index contributed by atoms with van der Waals surface area (Å²) in [6.07, 6.45) is 0. The quantitative estimate of drug-likeness (QED) is 0.443. The molecule has 155 valence electrons. The van der Waals surface area contributed by atoms with Gasteiger partial charge in [0.25, 0.3) is 0 Å². The van der Waals surface area contributed by atoms with Crippen molar-refractivity contribution in [3.63, 3.8) is 0 Å². The third-order valence-corrected chi connectivity index (χ3v) is 6.03. The molecule has 0 saturated carbocycles. The first-order valence-electron chi connectivity index (χ1n) is 8.79. The molecule has 29 heavy (non-hydrogen) atoms. The zero-order valence-corrected chi connectivity index (χ0v) is 18.2. The molecule has 0 N–H and O–H groups in total. The van der Waals surface area contributed by atoms with Crippen LogP contribution in [0.15, 0.2) is 30.3 Å². The van der Waals surface area contributed by atoms with Crippen LogP contribution in [0, 0.1) is 6.92 Å². The molecule has 0 amide bonds. The van der Waals surface area contributed by atoms with Crippen LogP contribution in [0.1, 0.15) is 33.2 Å². The first kappa shape index (κ1) is 22.4. The lowest BCUT2D eigenvalue weighted by Crippen LogP contribution is -2.18. The van der Waals surface area contributed by atoms with Crippen LogP contribution in [0.2, 0.25) is 0 Å². The zero-order valence-electron chi connectivity index (χ0n) is 17.3. The molecule has 0 aliphatic carbocycles. The summed E-state index contributed by atoms with van der Waals surface area (Å²) in [6.45, 7) is 3.28. The molecule has 2 aromatic carbocycles. The van der Waals surface area contributed by atoms with E-state index in [1.165, 1.54) is 35.4 Å². The number of methoxy groups -OCH3 is 4. The van der Waals surface area contributed by atoms with Crippen molar-refractivity contribution in [1.29, 1.82) is 0 Å². The van der Waals surface area contributed by atoms with E-state index in [1.54, 1.807) is 30.3 Å². The van der Waals surface area contributed by atoms with E-state index in [0.717, 1.165) is 5.56 Å². The van der Waals surface area contributed by atoms with Gasteiger partial charge in [0.1, 0.15) is 34.1 Å². The van der Waals surface area contributed by atoms with Crippen molar-refractivity contribution in [2.24, 2.45) is 0 Å². The third-order valence-electron chi connectivity index (χ3n) is 4.47. The van der Waals surface area contributed by atoms with Gasteiger partial charge in [-0.1, -0.05) is 6.07 Å². The lowest BCUT2D eigenvalue weighted by Gasteiger charge is -2.17. The van der Waals surface area contributed by atoms with E-state index < -0.39 is 24.8 Å². The summed E-state index contributed by atoms with van der Waals surface area (Å²) in [7, 11) is 3.02. The molecular weight excluding hydrogens is 395 g/mol. The Morgan fingerprint density at radius 3 is 1.69 bits per heavy atom. The summed E-state index contributed by atoms with van der Waals surface area (Å²) in [6, 6.07) is 8.15. The number of Topliss-reactive ketones (excluding diaryl/α,β-unsaturated/α-hetero) is 1. The van der Waals surface area contributed by atoms with Crippen molar-refractivity contribution in [3.05, 3.63) is 47.0 Å². The summed E-state index contributed by atoms with van der Waals surface area (Å²) in [5.74, 6) is 0.529. The van der Waals surface area contributed by atoms with Gasteiger partial charge in [-0.25, -0.2) is 0 Å². The van der Waals surface area contributed by atoms with Gasteiger partial charge >= 0.3 is 0 Å². The topological polar surface area (TPSA) is 88.1 Å². The molecule has 0 fully saturated rings. The normalized spacial score (nSPS) is 12.0. The molecular formula is C21H24O7P. The number of ether oxygens (including phenoxy) is 4. The van der Waals surface area contributed by atoms with E-state index in [0.29, 0.717) is 11.5 Å². The first-order valence-corrected chi connectivity index (χ1v) is 10.1. The minimum Gasteiger partial charge on any atom is -0.496 e. The number of aryl methyl sites for hydroxylation is 1. The Morgan fingerprint density at radius 2 is 1.28 bits per heavy atom. The van der Waals surface area contributed by atoms with Gasteiger partial charge in [0, 0.05) is 0 Å². The minimum atomic E-state index is -2.64. The summed E-state index contributed by atoms with van der Waals surface area (Å²) >= 11 is 0. The highest BCUT2D eigenvalue weighted by Crippen LogP contribution is 2.43. The highest BCUT2D eigenvalue weighted by atomic mass is 31.1. The lowest BCUT2D eigenvalue weighted by atomic mass is 10.0. The second-order valence-corrected chi connectivity index (χ2v) is 8.09. The SMILES string of the molecule is COc1cc(C)cc(OC)c1C(=O)C(C)[P](=O)C(=O)c1c(OC)cccc1OC. The highest BCUT2D eigenvalue weighted by Gasteiger charge is 2.34. The van der Waals surface area contributed by atoms with E-state index in [4.69, 9.17) is 18.9 Å². The molecule has 1 radical (unpaired) electrons. The van der Waals surface area contributed by atoms with E-state index in [1.807, 2.05) is 6.92 Å². The Kier molecular flexibility index (Phi) is 7.35. The molecule has 7 nitrogen and oxygen atoms in total. The molecule has 8 heteroatoms. The third kappa shape index (κ3) is 4.40. The maximum absolute atomic E-state index is 13.1. The maximum atomic E-state index is 13.1. The molecule has 2 unspecified atom stereocenters. The van der Waals surface area contributed by atoms with Crippen LogP contribution >= 0.6 is 7.80 Å². The van der Waals surface area contributed by atoms with Gasteiger partial charge in [-0.15, -0.1) is 0 Å². The van der Waals surface area contributed by atoms with Crippen molar-refractivity contribution >= 4 is 19.1 Å². The Bertz CT molecular complexity index is 905. The standard InChI is InChI=1S/C21H24O7P/c1-12-10-16(27-5)18(17(11-12)28-6)20(22)13(2)29(24)21(23)19-14(25-3)8-7-9-15(19)26-4/h7-11,13H,1-6H3. The molecule has 0 saturated heterocycles. The molecule has 2 aromatic rings. The van der Waals surface area contributed by atoms with Crippen LogP contribution in [-0.4, -0.2) is 45.4 Å². The van der Waals surface area contributed by atoms with Crippen molar-refractivity contribution in [2.75, 3.05) is 28.4 Å². The number of hydrogen-bond acceptors (Lipinski definition) is 7. The van der Waals surface area contributed by atoms with Crippen LogP contribution in [0.5, 0.6) is 23.0 Å². The predicted octanol–water partition coefficient (Wildman–Crippen LogP) is 4.27. The van der Waals surface area contributed by atoms with Crippen LogP contribution in [0.4, 0.5) is 0 Å². The Balaban J connectivity index is 2.46. The number of ketones is 1. The fourth-order valence-corrected chi connectivity index (χ4v) is 4.08. The molecule has 0 aromatic heterocycles. The van der Waals surface area contributed by atoms with E-state index in [9.17, 15) is 14.2 Å². The fourth-order valence-electron chi connectivity index (χ4n) is 2.95. The summed E-state index contributed by atoms with van der Waals surface area (Å²) in [5, 5.41) is 0. The highest BCUT2D eigenvalue weighted by molar-refractivity contribution is 7.66. The zero-order chi connectivity index (χ0) is 21.7. The summed E-state index contributed by atoms with van der Waals surface area (Å²) in [5.41, 5.74) is -0.808. The average molecular weight is 419 g/mol. The molecule has 2 rings (SSSR count). The number of carbonyl (C=O) groups is 2. The number of rotatable bonds is 9. The van der Waals surface area contributed by atoms with Crippen LogP contribution in [-0.2, 0) is 4.57 Å². The van der Waals surface area contributed by atoms with Gasteiger partial charge in [-0.3, -0.25) is 14.2 Å². The van der Waals surface area contributed by atoms with Gasteiger partial charge in [-0.2, -0.15) is 0 Å². The van der Waals surface area contributed by atoms with Gasteiger partial charge < -0.3 is 18.9 Å². The van der Waals surface area contributed by atoms with Gasteiger partial charge in [0.15, 0.2) is 13.6 Å². The van der Waals surface area contributed by atoms with Crippen LogP contribution < -0.4 is 18.9 Å². The van der Waals surface area contributed by atoms with Gasteiger partial charge in [-0.05, 0) is 43.7 Å². The monoisotopic (exact) mass is 419 g/mol. The van der Waals surface area contributed by atoms with Gasteiger partial charge in [0.2, 0.25) is 5.52 Å². The second kappa shape index (κ2) is 9.52. The van der Waals surface area contributed by atoms with E-state index >= 15 is 0 Å². The predicted molar refractivity (Wildman–Crippen MR) is 110 cm³/mol. The van der Waals surface area contributed by atoms with E-state index in [-0.39, 0.29) is 22.6 Å². The largest absolute Gasteiger partial charge is 0.496 e. The molecule has 0 aliphatic rings. The molecule has 2 atom stereocenters. The van der Waals surface area contributed by atoms with Crippen molar-refractivity contribution in [3.8, 4) is 23.0 Å². The van der Waals surface area contributed by atoms with Crippen molar-refractivity contribution in [2.45, 2.75) is 19.5 Å². The van der Waals surface area contributed by atoms with Crippen molar-refractivity contribution < 1.29 is 33.1 Å². The molecule has 0 spiro atoms. The molecule has 0 aliphatic heterocycles.